The number of benzene rings is 1. The smallest absolute Gasteiger partial charge is 0.251 e. The van der Waals surface area contributed by atoms with Gasteiger partial charge in [-0.3, -0.25) is 4.42 Å². The van der Waals surface area contributed by atoms with Crippen LogP contribution in [-0.4, -0.2) is 5.78 Å². The molecule has 1 aromatic carbocycles. The van der Waals surface area contributed by atoms with Crippen molar-refractivity contribution in [3.05, 3.63) is 48.0 Å². The van der Waals surface area contributed by atoms with E-state index >= 15 is 0 Å². The highest BCUT2D eigenvalue weighted by molar-refractivity contribution is 5.87. The zero-order valence-electron chi connectivity index (χ0n) is 8.44. The maximum absolute atomic E-state index is 5.83. The molecule has 1 aromatic rings. The van der Waals surface area contributed by atoms with E-state index in [9.17, 15) is 0 Å². The van der Waals surface area contributed by atoms with Gasteiger partial charge in [0.2, 0.25) is 0 Å². The van der Waals surface area contributed by atoms with Gasteiger partial charge in [-0.25, -0.2) is 0 Å². The summed E-state index contributed by atoms with van der Waals surface area (Å²) in [5.41, 5.74) is 1.27. The number of hydrogen-bond donors (Lipinski definition) is 0. The fraction of sp³-hybridized carbons (Fsp3) is 0.308. The highest BCUT2D eigenvalue weighted by Crippen LogP contribution is 2.21. The summed E-state index contributed by atoms with van der Waals surface area (Å²) in [5.74, 6) is 1.01. The van der Waals surface area contributed by atoms with Crippen LogP contribution < -0.4 is 0 Å². The second-order valence-corrected chi connectivity index (χ2v) is 3.61. The third kappa shape index (κ3) is 2.11. The zero-order valence-corrected chi connectivity index (χ0v) is 8.44. The van der Waals surface area contributed by atoms with E-state index in [0.29, 0.717) is 0 Å². The molecular weight excluding hydrogens is 172 g/mol. The molecule has 0 saturated carbocycles. The highest BCUT2D eigenvalue weighted by atomic mass is 16.4. The predicted octanol–water partition coefficient (Wildman–Crippen LogP) is 3.20. The van der Waals surface area contributed by atoms with E-state index in [1.807, 2.05) is 13.0 Å². The van der Waals surface area contributed by atoms with Crippen LogP contribution in [0.15, 0.2) is 42.5 Å². The summed E-state index contributed by atoms with van der Waals surface area (Å²) >= 11 is 0. The van der Waals surface area contributed by atoms with Gasteiger partial charge in [0.05, 0.1) is 12.5 Å². The molecule has 1 nitrogen and oxygen atoms in total. The normalized spacial score (nSPS) is 21.5. The molecule has 1 atom stereocenters. The van der Waals surface area contributed by atoms with Crippen LogP contribution in [0.25, 0.3) is 0 Å². The van der Waals surface area contributed by atoms with Crippen LogP contribution in [-0.2, 0) is 4.42 Å². The minimum Gasteiger partial charge on any atom is -0.251 e. The molecule has 0 bridgehead atoms. The molecule has 1 aliphatic heterocycles. The molecule has 0 N–H and O–H groups in total. The molecule has 1 aliphatic rings. The third-order valence-electron chi connectivity index (χ3n) is 2.45. The number of carbonyl (C=O) groups excluding carboxylic acids is 1. The second kappa shape index (κ2) is 4.23. The van der Waals surface area contributed by atoms with Crippen LogP contribution in [0, 0.1) is 0 Å². The fourth-order valence-corrected chi connectivity index (χ4v) is 1.72. The standard InChI is InChI=1S/C13H15O/c1-11-7-5-6-10-13(14-11)12-8-3-2-4-9-12/h2-5,7-9,13H,6,10H2,1H3/q+1/t13-/m0/s1. The molecule has 0 saturated heterocycles. The van der Waals surface area contributed by atoms with Gasteiger partial charge in [-0.1, -0.05) is 24.3 Å². The average molecular weight is 187 g/mol. The van der Waals surface area contributed by atoms with Gasteiger partial charge >= 0.3 is 5.78 Å². The van der Waals surface area contributed by atoms with E-state index < -0.39 is 0 Å². The van der Waals surface area contributed by atoms with Crippen LogP contribution in [0.4, 0.5) is 0 Å². The van der Waals surface area contributed by atoms with Crippen LogP contribution in [0.5, 0.6) is 0 Å². The van der Waals surface area contributed by atoms with Gasteiger partial charge in [-0.2, -0.15) is 0 Å². The van der Waals surface area contributed by atoms with Gasteiger partial charge in [-0.15, -0.1) is 0 Å². The SMILES string of the molecule is CC1=[O+][C@H](c2ccccc2)CCC=C1. The van der Waals surface area contributed by atoms with Crippen molar-refractivity contribution in [2.24, 2.45) is 0 Å². The topological polar surface area (TPSA) is 11.3 Å². The molecule has 72 valence electrons. The van der Waals surface area contributed by atoms with Crippen molar-refractivity contribution in [1.82, 2.24) is 0 Å². The quantitative estimate of drug-likeness (QED) is 0.598. The van der Waals surface area contributed by atoms with Gasteiger partial charge in [0, 0.05) is 12.5 Å². The summed E-state index contributed by atoms with van der Waals surface area (Å²) in [6.07, 6.45) is 6.63. The predicted molar refractivity (Wildman–Crippen MR) is 58.2 cm³/mol. The van der Waals surface area contributed by atoms with Gasteiger partial charge in [0.25, 0.3) is 6.10 Å². The Morgan fingerprint density at radius 1 is 1.21 bits per heavy atom. The summed E-state index contributed by atoms with van der Waals surface area (Å²) in [6.45, 7) is 2.01. The Balaban J connectivity index is 2.24. The van der Waals surface area contributed by atoms with Crippen molar-refractivity contribution < 1.29 is 4.42 Å². The summed E-state index contributed by atoms with van der Waals surface area (Å²) < 4.78 is 5.83. The van der Waals surface area contributed by atoms with E-state index in [1.165, 1.54) is 5.56 Å². The van der Waals surface area contributed by atoms with Gasteiger partial charge in [-0.05, 0) is 18.6 Å². The Hall–Kier alpha value is -1.37. The third-order valence-corrected chi connectivity index (χ3v) is 2.45. The van der Waals surface area contributed by atoms with E-state index in [4.69, 9.17) is 4.42 Å². The van der Waals surface area contributed by atoms with Gasteiger partial charge in [0.1, 0.15) is 0 Å². The largest absolute Gasteiger partial charge is 0.317 e. The molecule has 0 aliphatic carbocycles. The van der Waals surface area contributed by atoms with E-state index in [-0.39, 0.29) is 6.10 Å². The number of allylic oxidation sites excluding steroid dienone is 2. The highest BCUT2D eigenvalue weighted by Gasteiger charge is 2.21. The summed E-state index contributed by atoms with van der Waals surface area (Å²) in [7, 11) is 0. The van der Waals surface area contributed by atoms with Crippen LogP contribution in [0.1, 0.15) is 31.4 Å². The lowest BCUT2D eigenvalue weighted by molar-refractivity contribution is -0.510. The molecule has 1 heteroatoms. The van der Waals surface area contributed by atoms with Crippen LogP contribution in [0.2, 0.25) is 0 Å². The number of hydrogen-bond acceptors (Lipinski definition) is 0. The lowest BCUT2D eigenvalue weighted by Crippen LogP contribution is -2.01. The molecule has 0 aromatic heterocycles. The fourth-order valence-electron chi connectivity index (χ4n) is 1.72. The minimum absolute atomic E-state index is 0.228. The Morgan fingerprint density at radius 3 is 2.79 bits per heavy atom. The second-order valence-electron chi connectivity index (χ2n) is 3.61. The van der Waals surface area contributed by atoms with Gasteiger partial charge in [0.15, 0.2) is 0 Å². The number of ketones is 1. The first-order chi connectivity index (χ1) is 6.86. The molecule has 0 unspecified atom stereocenters. The zero-order chi connectivity index (χ0) is 9.80. The lowest BCUT2D eigenvalue weighted by atomic mass is 10.1. The lowest BCUT2D eigenvalue weighted by Gasteiger charge is -2.00. The summed E-state index contributed by atoms with van der Waals surface area (Å²) in [4.78, 5) is 0. The van der Waals surface area contributed by atoms with Crippen molar-refractivity contribution in [3.63, 3.8) is 0 Å². The molecule has 1 heterocycles. The van der Waals surface area contributed by atoms with E-state index in [1.54, 1.807) is 0 Å². The molecule has 0 radical (unpaired) electrons. The average Bonchev–Trinajstić information content (AvgIpc) is 2.44. The molecule has 0 fully saturated rings. The van der Waals surface area contributed by atoms with Crippen molar-refractivity contribution in [1.29, 1.82) is 0 Å². The molecule has 14 heavy (non-hydrogen) atoms. The van der Waals surface area contributed by atoms with Crippen LogP contribution in [0.3, 0.4) is 0 Å². The maximum atomic E-state index is 5.83. The molecule has 0 spiro atoms. The van der Waals surface area contributed by atoms with Crippen molar-refractivity contribution in [2.45, 2.75) is 25.9 Å². The first-order valence-electron chi connectivity index (χ1n) is 5.08. The molecule has 0 amide bonds. The molecular formula is C13H15O+. The van der Waals surface area contributed by atoms with Crippen LogP contribution >= 0.6 is 0 Å². The summed E-state index contributed by atoms with van der Waals surface area (Å²) in [5, 5.41) is 0. The first kappa shape index (κ1) is 9.20. The summed E-state index contributed by atoms with van der Waals surface area (Å²) in [6, 6.07) is 10.4. The Morgan fingerprint density at radius 2 is 2.00 bits per heavy atom. The number of rotatable bonds is 1. The monoisotopic (exact) mass is 187 g/mol. The first-order valence-corrected chi connectivity index (χ1v) is 5.08. The molecule has 2 rings (SSSR count). The Labute approximate surface area is 84.8 Å². The Bertz CT molecular complexity index is 349. The maximum Gasteiger partial charge on any atom is 0.317 e. The van der Waals surface area contributed by atoms with E-state index in [0.717, 1.165) is 18.6 Å². The van der Waals surface area contributed by atoms with E-state index in [2.05, 4.69) is 36.4 Å². The van der Waals surface area contributed by atoms with Crippen molar-refractivity contribution in [3.8, 4) is 0 Å². The Kier molecular flexibility index (Phi) is 2.78. The van der Waals surface area contributed by atoms with Crippen molar-refractivity contribution in [2.75, 3.05) is 0 Å². The van der Waals surface area contributed by atoms with Crippen molar-refractivity contribution >= 4 is 5.78 Å². The minimum atomic E-state index is 0.228. The van der Waals surface area contributed by atoms with Gasteiger partial charge < -0.3 is 0 Å².